The van der Waals surface area contributed by atoms with Gasteiger partial charge in [-0.2, -0.15) is 5.26 Å². The number of aromatic amines is 1. The van der Waals surface area contributed by atoms with Crippen LogP contribution in [0.25, 0.3) is 0 Å². The minimum absolute atomic E-state index is 0.178. The molecule has 2 aromatic rings. The van der Waals surface area contributed by atoms with Crippen LogP contribution in [0.4, 0.5) is 5.69 Å². The highest BCUT2D eigenvalue weighted by molar-refractivity contribution is 6.13. The molecule has 0 spiro atoms. The normalized spacial score (nSPS) is 14.3. The Balaban J connectivity index is 1.95. The number of anilines is 1. The molecule has 1 aromatic carbocycles. The van der Waals surface area contributed by atoms with Crippen molar-refractivity contribution in [2.24, 2.45) is 0 Å². The van der Waals surface area contributed by atoms with Crippen molar-refractivity contribution in [3.8, 4) is 6.07 Å². The number of nitrogens with one attached hydrogen (secondary N) is 3. The summed E-state index contributed by atoms with van der Waals surface area (Å²) in [5, 5.41) is 20.8. The highest BCUT2D eigenvalue weighted by Crippen LogP contribution is 2.24. The van der Waals surface area contributed by atoms with Gasteiger partial charge in [-0.25, -0.2) is 0 Å². The van der Waals surface area contributed by atoms with Crippen LogP contribution in [-0.2, 0) is 6.42 Å². The Morgan fingerprint density at radius 2 is 2.12 bits per heavy atom. The summed E-state index contributed by atoms with van der Waals surface area (Å²) in [6, 6.07) is 11.6. The van der Waals surface area contributed by atoms with E-state index in [9.17, 15) is 4.79 Å². The number of aromatic nitrogens is 1. The Morgan fingerprint density at radius 1 is 1.33 bits per heavy atom. The molecule has 0 atom stereocenters. The number of nitriles is 1. The van der Waals surface area contributed by atoms with E-state index < -0.39 is 0 Å². The number of pyridine rings is 1. The lowest BCUT2D eigenvalue weighted by Gasteiger charge is -2.17. The molecule has 5 heteroatoms. The molecular weight excluding hydrogens is 300 g/mol. The molecule has 1 saturated carbocycles. The van der Waals surface area contributed by atoms with Crippen molar-refractivity contribution in [2.75, 3.05) is 5.32 Å². The van der Waals surface area contributed by atoms with Crippen LogP contribution in [0, 0.1) is 16.7 Å². The summed E-state index contributed by atoms with van der Waals surface area (Å²) in [4.78, 5) is 15.0. The quantitative estimate of drug-likeness (QED) is 0.739. The summed E-state index contributed by atoms with van der Waals surface area (Å²) in [5.41, 5.74) is 2.47. The van der Waals surface area contributed by atoms with Crippen molar-refractivity contribution >= 4 is 11.4 Å². The van der Waals surface area contributed by atoms with E-state index in [2.05, 4.69) is 16.4 Å². The first kappa shape index (κ1) is 16.0. The predicted octanol–water partition coefficient (Wildman–Crippen LogP) is 3.21. The average molecular weight is 320 g/mol. The van der Waals surface area contributed by atoms with Crippen LogP contribution in [0.2, 0.25) is 0 Å². The van der Waals surface area contributed by atoms with E-state index in [1.54, 1.807) is 18.3 Å². The van der Waals surface area contributed by atoms with Crippen molar-refractivity contribution in [1.29, 1.82) is 10.7 Å². The van der Waals surface area contributed by atoms with Gasteiger partial charge in [-0.3, -0.25) is 10.2 Å². The van der Waals surface area contributed by atoms with Gasteiger partial charge >= 0.3 is 0 Å². The zero-order valence-electron chi connectivity index (χ0n) is 13.4. The third-order valence-corrected chi connectivity index (χ3v) is 4.42. The average Bonchev–Trinajstić information content (AvgIpc) is 3.08. The Bertz CT molecular complexity index is 841. The van der Waals surface area contributed by atoms with E-state index in [1.165, 1.54) is 12.8 Å². The largest absolute Gasteiger partial charge is 0.382 e. The molecule has 0 aliphatic heterocycles. The molecule has 1 aliphatic rings. The molecule has 0 saturated heterocycles. The molecule has 5 nitrogen and oxygen atoms in total. The monoisotopic (exact) mass is 320 g/mol. The van der Waals surface area contributed by atoms with Gasteiger partial charge in [-0.15, -0.1) is 0 Å². The molecule has 0 radical (unpaired) electrons. The van der Waals surface area contributed by atoms with Crippen LogP contribution >= 0.6 is 0 Å². The fourth-order valence-electron chi connectivity index (χ4n) is 3.21. The van der Waals surface area contributed by atoms with Crippen molar-refractivity contribution < 1.29 is 0 Å². The smallest absolute Gasteiger partial charge is 0.259 e. The second-order valence-electron chi connectivity index (χ2n) is 6.13. The highest BCUT2D eigenvalue weighted by atomic mass is 16.1. The number of H-pyrrole nitrogens is 1. The van der Waals surface area contributed by atoms with E-state index in [0.717, 1.165) is 18.4 Å². The molecule has 3 rings (SSSR count). The van der Waals surface area contributed by atoms with Gasteiger partial charge in [-0.05, 0) is 30.5 Å². The molecule has 0 unspecified atom stereocenters. The lowest BCUT2D eigenvalue weighted by Crippen LogP contribution is -2.24. The van der Waals surface area contributed by atoms with Gasteiger partial charge < -0.3 is 10.3 Å². The maximum absolute atomic E-state index is 12.4. The number of nitrogens with zero attached hydrogens (tertiary/aromatic N) is 1. The van der Waals surface area contributed by atoms with Gasteiger partial charge in [0.1, 0.15) is 0 Å². The minimum atomic E-state index is -0.270. The second kappa shape index (κ2) is 7.14. The zero-order valence-corrected chi connectivity index (χ0v) is 13.4. The maximum atomic E-state index is 12.4. The van der Waals surface area contributed by atoms with Crippen LogP contribution < -0.4 is 10.9 Å². The van der Waals surface area contributed by atoms with Gasteiger partial charge in [0.25, 0.3) is 5.56 Å². The van der Waals surface area contributed by atoms with Crippen molar-refractivity contribution in [1.82, 2.24) is 4.98 Å². The summed E-state index contributed by atoms with van der Waals surface area (Å²) in [6.07, 6.45) is 6.49. The van der Waals surface area contributed by atoms with Crippen LogP contribution in [0.15, 0.2) is 41.3 Å². The first-order valence-corrected chi connectivity index (χ1v) is 8.22. The van der Waals surface area contributed by atoms with Crippen LogP contribution in [-0.4, -0.2) is 16.7 Å². The first-order chi connectivity index (χ1) is 11.7. The number of benzene rings is 1. The molecule has 1 heterocycles. The van der Waals surface area contributed by atoms with Gasteiger partial charge in [0.2, 0.25) is 0 Å². The third-order valence-electron chi connectivity index (χ3n) is 4.42. The first-order valence-electron chi connectivity index (χ1n) is 8.22. The summed E-state index contributed by atoms with van der Waals surface area (Å²) in [7, 11) is 0. The van der Waals surface area contributed by atoms with Crippen LogP contribution in [0.3, 0.4) is 0 Å². The summed E-state index contributed by atoms with van der Waals surface area (Å²) in [5.74, 6) is 0. The van der Waals surface area contributed by atoms with Crippen molar-refractivity contribution in [3.05, 3.63) is 63.6 Å². The fraction of sp³-hybridized carbons (Fsp3) is 0.316. The molecule has 1 aliphatic carbocycles. The number of hydrogen-bond donors (Lipinski definition) is 3. The highest BCUT2D eigenvalue weighted by Gasteiger charge is 2.19. The van der Waals surface area contributed by atoms with Crippen LogP contribution in [0.5, 0.6) is 0 Å². The molecule has 0 amide bonds. The minimum Gasteiger partial charge on any atom is -0.382 e. The molecule has 122 valence electrons. The second-order valence-corrected chi connectivity index (χ2v) is 6.13. The molecule has 1 fully saturated rings. The molecule has 3 N–H and O–H groups in total. The van der Waals surface area contributed by atoms with Gasteiger partial charge in [0.15, 0.2) is 0 Å². The van der Waals surface area contributed by atoms with E-state index in [0.29, 0.717) is 29.3 Å². The Morgan fingerprint density at radius 3 is 2.88 bits per heavy atom. The lowest BCUT2D eigenvalue weighted by molar-refractivity contribution is 0.754. The van der Waals surface area contributed by atoms with E-state index >= 15 is 0 Å². The van der Waals surface area contributed by atoms with Crippen molar-refractivity contribution in [2.45, 2.75) is 38.1 Å². The fourth-order valence-corrected chi connectivity index (χ4v) is 3.21. The van der Waals surface area contributed by atoms with Gasteiger partial charge in [0.05, 0.1) is 29.5 Å². The SMILES string of the molecule is N#CCc1cccc(C(=N)c2c(NC3CCCC3)cc[nH]c2=O)c1. The standard InChI is InChI=1S/C19H20N4O/c20-10-8-13-4-3-5-14(12-13)18(21)17-16(9-11-22-19(17)24)23-15-6-1-2-7-15/h3-5,9,11-12,15,21H,1-2,6-8H2,(H2,22,23,24). The molecule has 0 bridgehead atoms. The Hall–Kier alpha value is -2.87. The summed E-state index contributed by atoms with van der Waals surface area (Å²) >= 11 is 0. The molecule has 1 aromatic heterocycles. The van der Waals surface area contributed by atoms with Gasteiger partial charge in [0, 0.05) is 17.8 Å². The van der Waals surface area contributed by atoms with E-state index in [1.807, 2.05) is 18.2 Å². The maximum Gasteiger partial charge on any atom is 0.259 e. The predicted molar refractivity (Wildman–Crippen MR) is 94.6 cm³/mol. The lowest BCUT2D eigenvalue weighted by atomic mass is 9.99. The van der Waals surface area contributed by atoms with E-state index in [4.69, 9.17) is 10.7 Å². The topological polar surface area (TPSA) is 92.5 Å². The van der Waals surface area contributed by atoms with Crippen molar-refractivity contribution in [3.63, 3.8) is 0 Å². The van der Waals surface area contributed by atoms with E-state index in [-0.39, 0.29) is 11.3 Å². The third kappa shape index (κ3) is 3.38. The number of hydrogen-bond acceptors (Lipinski definition) is 4. The summed E-state index contributed by atoms with van der Waals surface area (Å²) < 4.78 is 0. The van der Waals surface area contributed by atoms with Crippen LogP contribution in [0.1, 0.15) is 42.4 Å². The Labute approximate surface area is 140 Å². The van der Waals surface area contributed by atoms with Gasteiger partial charge in [-0.1, -0.05) is 31.0 Å². The Kier molecular flexibility index (Phi) is 4.76. The number of rotatable bonds is 5. The molecular formula is C19H20N4O. The zero-order chi connectivity index (χ0) is 16.9. The summed E-state index contributed by atoms with van der Waals surface area (Å²) in [6.45, 7) is 0. The molecule has 24 heavy (non-hydrogen) atoms.